The minimum absolute atomic E-state index is 0.109. The van der Waals surface area contributed by atoms with Gasteiger partial charge in [-0.25, -0.2) is 9.22 Å². The Hall–Kier alpha value is -2.28. The third-order valence-electron chi connectivity index (χ3n) is 2.44. The van der Waals surface area contributed by atoms with Crippen LogP contribution >= 0.6 is 0 Å². The van der Waals surface area contributed by atoms with Crippen LogP contribution in [0.3, 0.4) is 0 Å². The Morgan fingerprint density at radius 1 is 1.25 bits per heavy atom. The predicted octanol–water partition coefficient (Wildman–Crippen LogP) is 1.84. The van der Waals surface area contributed by atoms with Crippen LogP contribution in [0.5, 0.6) is 0 Å². The second-order valence-electron chi connectivity index (χ2n) is 4.10. The average Bonchev–Trinajstić information content (AvgIpc) is 2.39. The molecule has 104 valence electrons. The van der Waals surface area contributed by atoms with Crippen LogP contribution in [-0.2, 0) is 10.0 Å². The maximum absolute atomic E-state index is 12.9. The number of nitrogens with zero attached hydrogens (tertiary/aromatic N) is 2. The maximum Gasteiger partial charge on any atom is 0.276 e. The van der Waals surface area contributed by atoms with Crippen LogP contribution in [0.25, 0.3) is 0 Å². The van der Waals surface area contributed by atoms with Crippen molar-refractivity contribution in [3.05, 3.63) is 59.7 Å². The molecule has 1 heterocycles. The highest BCUT2D eigenvalue weighted by Gasteiger charge is 2.11. The van der Waals surface area contributed by atoms with Crippen LogP contribution < -0.4 is 4.83 Å². The molecule has 0 saturated carbocycles. The van der Waals surface area contributed by atoms with Gasteiger partial charge in [-0.3, -0.25) is 4.98 Å². The van der Waals surface area contributed by atoms with Crippen molar-refractivity contribution in [3.8, 4) is 0 Å². The number of hydrogen-bond acceptors (Lipinski definition) is 4. The Bertz CT molecular complexity index is 728. The highest BCUT2D eigenvalue weighted by Crippen LogP contribution is 2.09. The van der Waals surface area contributed by atoms with E-state index in [9.17, 15) is 12.8 Å². The number of nitrogens with one attached hydrogen (secondary N) is 1. The molecule has 2 aromatic rings. The summed E-state index contributed by atoms with van der Waals surface area (Å²) in [6.07, 6.45) is 3.60. The molecule has 0 atom stereocenters. The number of benzene rings is 1. The lowest BCUT2D eigenvalue weighted by atomic mass is 10.2. The van der Waals surface area contributed by atoms with Gasteiger partial charge in [-0.2, -0.15) is 13.5 Å². The largest absolute Gasteiger partial charge is 0.276 e. The molecule has 1 aromatic carbocycles. The molecule has 0 bridgehead atoms. The second-order valence-corrected chi connectivity index (χ2v) is 5.76. The zero-order chi connectivity index (χ0) is 14.6. The molecule has 7 heteroatoms. The second kappa shape index (κ2) is 5.79. The first-order valence-corrected chi connectivity index (χ1v) is 7.18. The number of hydrazone groups is 1. The summed E-state index contributed by atoms with van der Waals surface area (Å²) < 4.78 is 36.6. The highest BCUT2D eigenvalue weighted by atomic mass is 32.2. The van der Waals surface area contributed by atoms with Crippen LogP contribution in [0.2, 0.25) is 0 Å². The lowest BCUT2D eigenvalue weighted by Gasteiger charge is -2.03. The van der Waals surface area contributed by atoms with Crippen molar-refractivity contribution in [3.63, 3.8) is 0 Å². The molecule has 2 rings (SSSR count). The molecule has 0 aliphatic heterocycles. The highest BCUT2D eigenvalue weighted by molar-refractivity contribution is 7.89. The lowest BCUT2D eigenvalue weighted by molar-refractivity contribution is 0.584. The van der Waals surface area contributed by atoms with E-state index in [0.29, 0.717) is 5.56 Å². The Morgan fingerprint density at radius 3 is 2.60 bits per heavy atom. The summed E-state index contributed by atoms with van der Waals surface area (Å²) >= 11 is 0. The summed E-state index contributed by atoms with van der Waals surface area (Å²) in [6, 6.07) is 7.54. The summed E-state index contributed by atoms with van der Waals surface area (Å²) in [6.45, 7) is 1.86. The maximum atomic E-state index is 12.9. The Kier molecular flexibility index (Phi) is 4.09. The molecule has 0 fully saturated rings. The van der Waals surface area contributed by atoms with Crippen LogP contribution in [-0.4, -0.2) is 19.6 Å². The monoisotopic (exact) mass is 293 g/mol. The molecule has 0 aliphatic carbocycles. The standard InChI is InChI=1S/C13H12FN3O2S/c1-10-2-4-13(5-3-10)20(18,19)17-16-8-11-6-12(14)9-15-7-11/h2-9,17H,1H3. The molecule has 1 aromatic heterocycles. The minimum Gasteiger partial charge on any atom is -0.261 e. The summed E-state index contributed by atoms with van der Waals surface area (Å²) in [7, 11) is -3.72. The van der Waals surface area contributed by atoms with Crippen LogP contribution in [0, 0.1) is 12.7 Å². The molecule has 20 heavy (non-hydrogen) atoms. The van der Waals surface area contributed by atoms with Gasteiger partial charge >= 0.3 is 0 Å². The minimum atomic E-state index is -3.72. The first kappa shape index (κ1) is 14.1. The van der Waals surface area contributed by atoms with Crippen molar-refractivity contribution in [1.29, 1.82) is 0 Å². The molecule has 5 nitrogen and oxygen atoms in total. The van der Waals surface area contributed by atoms with Crippen LogP contribution in [0.1, 0.15) is 11.1 Å². The van der Waals surface area contributed by atoms with Crippen LogP contribution in [0.4, 0.5) is 4.39 Å². The molecular weight excluding hydrogens is 281 g/mol. The van der Waals surface area contributed by atoms with E-state index in [0.717, 1.165) is 11.8 Å². The fourth-order valence-electron chi connectivity index (χ4n) is 1.44. The van der Waals surface area contributed by atoms with E-state index in [4.69, 9.17) is 0 Å². The number of hydrogen-bond donors (Lipinski definition) is 1. The van der Waals surface area contributed by atoms with Crippen molar-refractivity contribution >= 4 is 16.2 Å². The first-order valence-electron chi connectivity index (χ1n) is 5.69. The topological polar surface area (TPSA) is 71.4 Å². The van der Waals surface area contributed by atoms with Gasteiger partial charge in [0, 0.05) is 11.8 Å². The lowest BCUT2D eigenvalue weighted by Crippen LogP contribution is -2.18. The third kappa shape index (κ3) is 3.61. The summed E-state index contributed by atoms with van der Waals surface area (Å²) in [4.78, 5) is 5.79. The predicted molar refractivity (Wildman–Crippen MR) is 73.3 cm³/mol. The quantitative estimate of drug-likeness (QED) is 0.690. The van der Waals surface area contributed by atoms with Gasteiger partial charge in [0.25, 0.3) is 10.0 Å². The molecule has 0 unspecified atom stereocenters. The van der Waals surface area contributed by atoms with Crippen molar-refractivity contribution < 1.29 is 12.8 Å². The van der Waals surface area contributed by atoms with E-state index in [-0.39, 0.29) is 4.90 Å². The molecule has 0 spiro atoms. The fourth-order valence-corrected chi connectivity index (χ4v) is 2.23. The van der Waals surface area contributed by atoms with E-state index in [1.165, 1.54) is 30.6 Å². The van der Waals surface area contributed by atoms with Gasteiger partial charge in [-0.1, -0.05) is 17.7 Å². The average molecular weight is 293 g/mol. The normalized spacial score (nSPS) is 11.7. The van der Waals surface area contributed by atoms with Crippen molar-refractivity contribution in [2.24, 2.45) is 5.10 Å². The van der Waals surface area contributed by atoms with E-state index >= 15 is 0 Å². The van der Waals surface area contributed by atoms with Gasteiger partial charge in [-0.15, -0.1) is 0 Å². The number of aromatic nitrogens is 1. The number of rotatable bonds is 4. The number of halogens is 1. The van der Waals surface area contributed by atoms with Gasteiger partial charge in [0.15, 0.2) is 0 Å². The molecule has 1 N–H and O–H groups in total. The van der Waals surface area contributed by atoms with Gasteiger partial charge in [-0.05, 0) is 25.1 Å². The third-order valence-corrected chi connectivity index (χ3v) is 3.68. The summed E-state index contributed by atoms with van der Waals surface area (Å²) in [5, 5.41) is 3.58. The first-order chi connectivity index (χ1) is 9.47. The van der Waals surface area contributed by atoms with Crippen molar-refractivity contribution in [2.75, 3.05) is 0 Å². The summed E-state index contributed by atoms with van der Waals surface area (Å²) in [5.41, 5.74) is 1.31. The summed E-state index contributed by atoms with van der Waals surface area (Å²) in [5.74, 6) is -0.518. The molecule has 0 aliphatic rings. The smallest absolute Gasteiger partial charge is 0.261 e. The van der Waals surface area contributed by atoms with E-state index in [2.05, 4.69) is 14.9 Å². The molecule has 0 radical (unpaired) electrons. The SMILES string of the molecule is Cc1ccc(S(=O)(=O)NN=Cc2cncc(F)c2)cc1. The molecule has 0 amide bonds. The van der Waals surface area contributed by atoms with Crippen molar-refractivity contribution in [2.45, 2.75) is 11.8 Å². The van der Waals surface area contributed by atoms with Crippen molar-refractivity contribution in [1.82, 2.24) is 9.82 Å². The Morgan fingerprint density at radius 2 is 1.95 bits per heavy atom. The zero-order valence-electron chi connectivity index (χ0n) is 10.6. The Balaban J connectivity index is 2.11. The van der Waals surface area contributed by atoms with E-state index in [1.807, 2.05) is 6.92 Å². The van der Waals surface area contributed by atoms with Gasteiger partial charge in [0.2, 0.25) is 0 Å². The zero-order valence-corrected chi connectivity index (χ0v) is 11.4. The number of sulfonamides is 1. The fraction of sp³-hybridized carbons (Fsp3) is 0.0769. The van der Waals surface area contributed by atoms with Gasteiger partial charge < -0.3 is 0 Å². The van der Waals surface area contributed by atoms with E-state index < -0.39 is 15.8 Å². The number of aryl methyl sites for hydroxylation is 1. The van der Waals surface area contributed by atoms with Gasteiger partial charge in [0.05, 0.1) is 17.3 Å². The number of pyridine rings is 1. The molecule has 0 saturated heterocycles. The van der Waals surface area contributed by atoms with E-state index in [1.54, 1.807) is 12.1 Å². The molecular formula is C13H12FN3O2S. The Labute approximate surface area is 116 Å². The van der Waals surface area contributed by atoms with Gasteiger partial charge in [0.1, 0.15) is 5.82 Å². The van der Waals surface area contributed by atoms with Crippen LogP contribution in [0.15, 0.2) is 52.7 Å².